The first-order valence-corrected chi connectivity index (χ1v) is 6.94. The SMILES string of the molecule is Cc1cccc(N2CCN(CC(C)C(=N)N)CC2)c1. The molecular formula is C15H24N4. The lowest BCUT2D eigenvalue weighted by Crippen LogP contribution is -2.48. The van der Waals surface area contributed by atoms with Crippen molar-refractivity contribution in [3.05, 3.63) is 29.8 Å². The predicted molar refractivity (Wildman–Crippen MR) is 80.9 cm³/mol. The van der Waals surface area contributed by atoms with Crippen LogP contribution in [-0.2, 0) is 0 Å². The molecule has 1 fully saturated rings. The first-order valence-electron chi connectivity index (χ1n) is 6.94. The van der Waals surface area contributed by atoms with Crippen molar-refractivity contribution in [2.45, 2.75) is 13.8 Å². The largest absolute Gasteiger partial charge is 0.387 e. The molecule has 0 spiro atoms. The molecule has 4 nitrogen and oxygen atoms in total. The summed E-state index contributed by atoms with van der Waals surface area (Å²) in [5, 5.41) is 7.46. The molecule has 1 heterocycles. The van der Waals surface area contributed by atoms with Gasteiger partial charge in [-0.15, -0.1) is 0 Å². The summed E-state index contributed by atoms with van der Waals surface area (Å²) in [6.45, 7) is 9.25. The molecule has 1 saturated heterocycles. The van der Waals surface area contributed by atoms with Crippen LogP contribution in [-0.4, -0.2) is 43.5 Å². The average molecular weight is 260 g/mol. The number of anilines is 1. The Bertz CT molecular complexity index is 436. The Kier molecular flexibility index (Phi) is 4.43. The molecule has 0 aromatic heterocycles. The van der Waals surface area contributed by atoms with Crippen LogP contribution < -0.4 is 10.6 Å². The van der Waals surface area contributed by atoms with Crippen LogP contribution in [0.1, 0.15) is 12.5 Å². The van der Waals surface area contributed by atoms with Gasteiger partial charge in [-0.1, -0.05) is 19.1 Å². The fraction of sp³-hybridized carbons (Fsp3) is 0.533. The van der Waals surface area contributed by atoms with E-state index in [-0.39, 0.29) is 5.92 Å². The molecule has 0 radical (unpaired) electrons. The summed E-state index contributed by atoms with van der Waals surface area (Å²) < 4.78 is 0. The molecule has 19 heavy (non-hydrogen) atoms. The van der Waals surface area contributed by atoms with Crippen molar-refractivity contribution in [3.63, 3.8) is 0 Å². The van der Waals surface area contributed by atoms with E-state index in [0.29, 0.717) is 5.84 Å². The van der Waals surface area contributed by atoms with Gasteiger partial charge in [-0.3, -0.25) is 10.3 Å². The molecule has 2 rings (SSSR count). The lowest BCUT2D eigenvalue weighted by Gasteiger charge is -2.37. The summed E-state index contributed by atoms with van der Waals surface area (Å²) in [5.41, 5.74) is 8.16. The molecule has 1 aromatic rings. The quantitative estimate of drug-likeness (QED) is 0.640. The van der Waals surface area contributed by atoms with E-state index < -0.39 is 0 Å². The van der Waals surface area contributed by atoms with Crippen molar-refractivity contribution in [1.29, 1.82) is 5.41 Å². The Morgan fingerprint density at radius 3 is 2.58 bits per heavy atom. The Morgan fingerprint density at radius 1 is 1.32 bits per heavy atom. The van der Waals surface area contributed by atoms with Gasteiger partial charge in [-0.05, 0) is 24.6 Å². The van der Waals surface area contributed by atoms with Gasteiger partial charge in [0.25, 0.3) is 0 Å². The molecule has 0 amide bonds. The molecule has 4 heteroatoms. The number of hydrogen-bond acceptors (Lipinski definition) is 3. The van der Waals surface area contributed by atoms with E-state index >= 15 is 0 Å². The highest BCUT2D eigenvalue weighted by Crippen LogP contribution is 2.18. The highest BCUT2D eigenvalue weighted by molar-refractivity contribution is 5.79. The van der Waals surface area contributed by atoms with Gasteiger partial charge in [0, 0.05) is 44.3 Å². The van der Waals surface area contributed by atoms with E-state index in [1.807, 2.05) is 6.92 Å². The number of piperazine rings is 1. The number of nitrogens with two attached hydrogens (primary N) is 1. The van der Waals surface area contributed by atoms with Crippen LogP contribution in [0, 0.1) is 18.3 Å². The molecule has 104 valence electrons. The summed E-state index contributed by atoms with van der Waals surface area (Å²) in [4.78, 5) is 4.83. The molecule has 0 saturated carbocycles. The number of nitrogens with one attached hydrogen (secondary N) is 1. The zero-order chi connectivity index (χ0) is 13.8. The van der Waals surface area contributed by atoms with Gasteiger partial charge in [0.05, 0.1) is 5.84 Å². The molecule has 1 aromatic carbocycles. The van der Waals surface area contributed by atoms with Gasteiger partial charge in [-0.25, -0.2) is 0 Å². The topological polar surface area (TPSA) is 56.4 Å². The monoisotopic (exact) mass is 260 g/mol. The molecular weight excluding hydrogens is 236 g/mol. The van der Waals surface area contributed by atoms with Crippen LogP contribution >= 0.6 is 0 Å². The Hall–Kier alpha value is -1.55. The van der Waals surface area contributed by atoms with Crippen LogP contribution in [0.4, 0.5) is 5.69 Å². The van der Waals surface area contributed by atoms with Gasteiger partial charge >= 0.3 is 0 Å². The van der Waals surface area contributed by atoms with E-state index in [1.165, 1.54) is 11.3 Å². The second kappa shape index (κ2) is 6.06. The summed E-state index contributed by atoms with van der Waals surface area (Å²) in [6, 6.07) is 8.68. The van der Waals surface area contributed by atoms with E-state index in [1.54, 1.807) is 0 Å². The molecule has 1 atom stereocenters. The van der Waals surface area contributed by atoms with Crippen LogP contribution in [0.25, 0.3) is 0 Å². The zero-order valence-electron chi connectivity index (χ0n) is 11.9. The minimum atomic E-state index is 0.158. The summed E-state index contributed by atoms with van der Waals surface area (Å²) >= 11 is 0. The Balaban J connectivity index is 1.87. The smallest absolute Gasteiger partial charge is 0.0947 e. The third-order valence-corrected chi connectivity index (χ3v) is 3.80. The Labute approximate surface area is 115 Å². The predicted octanol–water partition coefficient (Wildman–Crippen LogP) is 1.69. The van der Waals surface area contributed by atoms with Gasteiger partial charge in [0.15, 0.2) is 0 Å². The van der Waals surface area contributed by atoms with Crippen molar-refractivity contribution in [3.8, 4) is 0 Å². The van der Waals surface area contributed by atoms with Gasteiger partial charge < -0.3 is 10.6 Å². The third kappa shape index (κ3) is 3.70. The van der Waals surface area contributed by atoms with Crippen LogP contribution in [0.15, 0.2) is 24.3 Å². The minimum absolute atomic E-state index is 0.158. The van der Waals surface area contributed by atoms with Gasteiger partial charge in [0.2, 0.25) is 0 Å². The van der Waals surface area contributed by atoms with Gasteiger partial charge in [0.1, 0.15) is 0 Å². The number of aryl methyl sites for hydroxylation is 1. The number of benzene rings is 1. The maximum Gasteiger partial charge on any atom is 0.0947 e. The number of hydrogen-bond donors (Lipinski definition) is 2. The second-order valence-corrected chi connectivity index (χ2v) is 5.48. The zero-order valence-corrected chi connectivity index (χ0v) is 11.9. The fourth-order valence-corrected chi connectivity index (χ4v) is 2.50. The summed E-state index contributed by atoms with van der Waals surface area (Å²) in [6.07, 6.45) is 0. The number of rotatable bonds is 4. The maximum atomic E-state index is 7.46. The first-order chi connectivity index (χ1) is 9.06. The van der Waals surface area contributed by atoms with Crippen molar-refractivity contribution in [2.24, 2.45) is 11.7 Å². The molecule has 0 bridgehead atoms. The average Bonchev–Trinajstić information content (AvgIpc) is 2.39. The van der Waals surface area contributed by atoms with Crippen molar-refractivity contribution in [2.75, 3.05) is 37.6 Å². The molecule has 1 aliphatic rings. The Morgan fingerprint density at radius 2 is 2.00 bits per heavy atom. The minimum Gasteiger partial charge on any atom is -0.387 e. The van der Waals surface area contributed by atoms with Crippen molar-refractivity contribution in [1.82, 2.24) is 4.90 Å². The number of amidine groups is 1. The van der Waals surface area contributed by atoms with Crippen molar-refractivity contribution < 1.29 is 0 Å². The highest BCUT2D eigenvalue weighted by Gasteiger charge is 2.19. The second-order valence-electron chi connectivity index (χ2n) is 5.48. The van der Waals surface area contributed by atoms with Crippen LogP contribution in [0.3, 0.4) is 0 Å². The maximum absolute atomic E-state index is 7.46. The molecule has 1 unspecified atom stereocenters. The lowest BCUT2D eigenvalue weighted by molar-refractivity contribution is 0.243. The normalized spacial score (nSPS) is 18.3. The molecule has 3 N–H and O–H groups in total. The van der Waals surface area contributed by atoms with Gasteiger partial charge in [-0.2, -0.15) is 0 Å². The highest BCUT2D eigenvalue weighted by atomic mass is 15.3. The van der Waals surface area contributed by atoms with E-state index in [2.05, 4.69) is 41.0 Å². The van der Waals surface area contributed by atoms with Crippen LogP contribution in [0.5, 0.6) is 0 Å². The first kappa shape index (κ1) is 13.9. The van der Waals surface area contributed by atoms with Crippen molar-refractivity contribution >= 4 is 11.5 Å². The number of nitrogens with zero attached hydrogens (tertiary/aromatic N) is 2. The molecule has 0 aliphatic carbocycles. The van der Waals surface area contributed by atoms with Crippen LogP contribution in [0.2, 0.25) is 0 Å². The van der Waals surface area contributed by atoms with E-state index in [4.69, 9.17) is 11.1 Å². The van der Waals surface area contributed by atoms with E-state index in [0.717, 1.165) is 32.7 Å². The summed E-state index contributed by atoms with van der Waals surface area (Å²) in [7, 11) is 0. The van der Waals surface area contributed by atoms with E-state index in [9.17, 15) is 0 Å². The lowest BCUT2D eigenvalue weighted by atomic mass is 10.1. The standard InChI is InChI=1S/C15H24N4/c1-12-4-3-5-14(10-12)19-8-6-18(7-9-19)11-13(2)15(16)17/h3-5,10,13H,6-9,11H2,1-2H3,(H3,16,17). The third-order valence-electron chi connectivity index (χ3n) is 3.80. The molecule has 1 aliphatic heterocycles. The fourth-order valence-electron chi connectivity index (χ4n) is 2.50. The summed E-state index contributed by atoms with van der Waals surface area (Å²) in [5.74, 6) is 0.451.